The first kappa shape index (κ1) is 28.4. The lowest BCUT2D eigenvalue weighted by molar-refractivity contribution is -0.143. The summed E-state index contributed by atoms with van der Waals surface area (Å²) in [5.41, 5.74) is 0.889. The Hall–Kier alpha value is -2.21. The lowest BCUT2D eigenvalue weighted by Gasteiger charge is -2.35. The molecular formula is C30H43FN2O2S. The van der Waals surface area contributed by atoms with E-state index in [0.717, 1.165) is 49.0 Å². The first-order valence-corrected chi connectivity index (χ1v) is 14.8. The molecule has 2 amide bonds. The normalized spacial score (nSPS) is 14.1. The highest BCUT2D eigenvalue weighted by Gasteiger charge is 2.29. The molecule has 36 heavy (non-hydrogen) atoms. The van der Waals surface area contributed by atoms with Crippen molar-refractivity contribution in [3.8, 4) is 0 Å². The Morgan fingerprint density at radius 2 is 1.58 bits per heavy atom. The van der Waals surface area contributed by atoms with Crippen LogP contribution in [-0.2, 0) is 22.7 Å². The number of benzene rings is 1. The van der Waals surface area contributed by atoms with E-state index in [-0.39, 0.29) is 30.2 Å². The van der Waals surface area contributed by atoms with Gasteiger partial charge in [-0.05, 0) is 48.4 Å². The van der Waals surface area contributed by atoms with Gasteiger partial charge in [-0.15, -0.1) is 11.3 Å². The molecule has 0 spiro atoms. The van der Waals surface area contributed by atoms with Gasteiger partial charge < -0.3 is 9.80 Å². The maximum Gasteiger partial charge on any atom is 0.242 e. The van der Waals surface area contributed by atoms with Crippen LogP contribution >= 0.6 is 11.3 Å². The molecular weight excluding hydrogens is 471 g/mol. The third kappa shape index (κ3) is 9.68. The molecule has 2 aromatic rings. The number of hydrogen-bond acceptors (Lipinski definition) is 3. The predicted molar refractivity (Wildman–Crippen MR) is 146 cm³/mol. The van der Waals surface area contributed by atoms with Gasteiger partial charge in [0, 0.05) is 23.9 Å². The fourth-order valence-corrected chi connectivity index (χ4v) is 5.79. The molecule has 1 aliphatic rings. The second-order valence-electron chi connectivity index (χ2n) is 10.1. The van der Waals surface area contributed by atoms with Crippen LogP contribution in [0.15, 0.2) is 41.8 Å². The van der Waals surface area contributed by atoms with Gasteiger partial charge >= 0.3 is 0 Å². The predicted octanol–water partition coefficient (Wildman–Crippen LogP) is 7.72. The number of nitrogens with zero attached hydrogens (tertiary/aromatic N) is 2. The van der Waals surface area contributed by atoms with Gasteiger partial charge in [-0.1, -0.05) is 82.9 Å². The summed E-state index contributed by atoms with van der Waals surface area (Å²) in [7, 11) is 0. The van der Waals surface area contributed by atoms with Crippen LogP contribution in [0.25, 0.3) is 0 Å². The van der Waals surface area contributed by atoms with Crippen LogP contribution < -0.4 is 0 Å². The van der Waals surface area contributed by atoms with Crippen molar-refractivity contribution >= 4 is 23.2 Å². The van der Waals surface area contributed by atoms with Crippen LogP contribution in [-0.4, -0.2) is 34.2 Å². The largest absolute Gasteiger partial charge is 0.332 e. The molecule has 6 heteroatoms. The molecule has 0 saturated heterocycles. The highest BCUT2D eigenvalue weighted by Crippen LogP contribution is 2.25. The zero-order chi connectivity index (χ0) is 25.6. The quantitative estimate of drug-likeness (QED) is 0.228. The zero-order valence-electron chi connectivity index (χ0n) is 21.9. The first-order valence-electron chi connectivity index (χ1n) is 13.9. The number of carbonyl (C=O) groups is 2. The van der Waals surface area contributed by atoms with Crippen molar-refractivity contribution in [2.45, 2.75) is 110 Å². The first-order chi connectivity index (χ1) is 17.6. The van der Waals surface area contributed by atoms with Crippen LogP contribution in [0.2, 0.25) is 0 Å². The van der Waals surface area contributed by atoms with Crippen LogP contribution in [0.5, 0.6) is 0 Å². The Bertz CT molecular complexity index is 894. The highest BCUT2D eigenvalue weighted by atomic mass is 32.1. The molecule has 0 N–H and O–H groups in total. The smallest absolute Gasteiger partial charge is 0.242 e. The maximum atomic E-state index is 13.6. The van der Waals surface area contributed by atoms with Gasteiger partial charge in [-0.25, -0.2) is 4.39 Å². The molecule has 198 valence electrons. The third-order valence-corrected chi connectivity index (χ3v) is 8.06. The van der Waals surface area contributed by atoms with Crippen molar-refractivity contribution in [2.24, 2.45) is 0 Å². The molecule has 1 aliphatic carbocycles. The summed E-state index contributed by atoms with van der Waals surface area (Å²) in [5.74, 6) is -0.192. The van der Waals surface area contributed by atoms with Crippen molar-refractivity contribution < 1.29 is 14.0 Å². The zero-order valence-corrected chi connectivity index (χ0v) is 22.7. The number of carbonyl (C=O) groups excluding carboxylic acids is 2. The Balaban J connectivity index is 1.64. The minimum atomic E-state index is -0.283. The lowest BCUT2D eigenvalue weighted by Crippen LogP contribution is -2.47. The van der Waals surface area contributed by atoms with E-state index in [1.54, 1.807) is 23.5 Å². The van der Waals surface area contributed by atoms with Gasteiger partial charge in [0.25, 0.3) is 0 Å². The Morgan fingerprint density at radius 1 is 0.889 bits per heavy atom. The van der Waals surface area contributed by atoms with Crippen molar-refractivity contribution in [1.82, 2.24) is 9.80 Å². The van der Waals surface area contributed by atoms with Crippen molar-refractivity contribution in [1.29, 1.82) is 0 Å². The number of hydrogen-bond donors (Lipinski definition) is 0. The van der Waals surface area contributed by atoms with Gasteiger partial charge in [-0.3, -0.25) is 9.59 Å². The summed E-state index contributed by atoms with van der Waals surface area (Å²) in [6.07, 6.45) is 14.2. The van der Waals surface area contributed by atoms with Crippen LogP contribution in [0.3, 0.4) is 0 Å². The monoisotopic (exact) mass is 514 g/mol. The van der Waals surface area contributed by atoms with E-state index >= 15 is 0 Å². The summed E-state index contributed by atoms with van der Waals surface area (Å²) < 4.78 is 13.4. The Labute approximate surface area is 220 Å². The van der Waals surface area contributed by atoms with E-state index in [1.807, 2.05) is 27.3 Å². The minimum absolute atomic E-state index is 0.0359. The number of rotatable bonds is 15. The maximum absolute atomic E-state index is 13.6. The molecule has 1 aromatic heterocycles. The molecule has 3 rings (SSSR count). The van der Waals surface area contributed by atoms with E-state index in [0.29, 0.717) is 19.5 Å². The number of unbranched alkanes of at least 4 members (excludes halogenated alkanes) is 6. The molecule has 0 atom stereocenters. The van der Waals surface area contributed by atoms with Gasteiger partial charge in [-0.2, -0.15) is 0 Å². The number of amides is 2. The van der Waals surface area contributed by atoms with Gasteiger partial charge in [0.1, 0.15) is 12.4 Å². The van der Waals surface area contributed by atoms with Crippen molar-refractivity contribution in [3.05, 3.63) is 58.0 Å². The van der Waals surface area contributed by atoms with E-state index in [9.17, 15) is 14.0 Å². The lowest BCUT2D eigenvalue weighted by atomic mass is 9.93. The highest BCUT2D eigenvalue weighted by molar-refractivity contribution is 7.09. The molecule has 1 fully saturated rings. The minimum Gasteiger partial charge on any atom is -0.332 e. The number of halogens is 1. The van der Waals surface area contributed by atoms with E-state index in [1.165, 1.54) is 50.7 Å². The summed E-state index contributed by atoms with van der Waals surface area (Å²) >= 11 is 1.62. The molecule has 0 unspecified atom stereocenters. The topological polar surface area (TPSA) is 40.6 Å². The molecule has 0 radical (unpaired) electrons. The SMILES string of the molecule is CCCCCCCCCC(=O)N(CC(=O)N(Cc1ccc(F)cc1)Cc1cccs1)C1CCCCC1. The molecule has 4 nitrogen and oxygen atoms in total. The van der Waals surface area contributed by atoms with E-state index in [2.05, 4.69) is 6.92 Å². The van der Waals surface area contributed by atoms with Gasteiger partial charge in [0.15, 0.2) is 0 Å². The number of thiophene rings is 1. The second-order valence-corrected chi connectivity index (χ2v) is 11.2. The average molecular weight is 515 g/mol. The Morgan fingerprint density at radius 3 is 2.25 bits per heavy atom. The van der Waals surface area contributed by atoms with Gasteiger partial charge in [0.2, 0.25) is 11.8 Å². The average Bonchev–Trinajstić information content (AvgIpc) is 3.41. The standard InChI is InChI=1S/C30H43FN2O2S/c1-2-3-4-5-6-7-11-16-29(34)33(27-13-9-8-10-14-27)24-30(35)32(23-28-15-12-21-36-28)22-25-17-19-26(31)20-18-25/h12,15,17-21,27H,2-11,13-14,16,22-24H2,1H3. The molecule has 1 saturated carbocycles. The molecule has 1 heterocycles. The summed E-state index contributed by atoms with van der Waals surface area (Å²) in [6.45, 7) is 3.26. The van der Waals surface area contributed by atoms with Crippen LogP contribution in [0.1, 0.15) is 101 Å². The fourth-order valence-electron chi connectivity index (χ4n) is 5.07. The molecule has 0 bridgehead atoms. The van der Waals surface area contributed by atoms with E-state index < -0.39 is 0 Å². The van der Waals surface area contributed by atoms with E-state index in [4.69, 9.17) is 0 Å². The van der Waals surface area contributed by atoms with Gasteiger partial charge in [0.05, 0.1) is 6.54 Å². The third-order valence-electron chi connectivity index (χ3n) is 7.20. The molecule has 0 aliphatic heterocycles. The second kappa shape index (κ2) is 15.8. The summed E-state index contributed by atoms with van der Waals surface area (Å²) in [5, 5.41) is 2.01. The van der Waals surface area contributed by atoms with Crippen molar-refractivity contribution in [3.63, 3.8) is 0 Å². The van der Waals surface area contributed by atoms with Crippen LogP contribution in [0.4, 0.5) is 4.39 Å². The fraction of sp³-hybridized carbons (Fsp3) is 0.600. The summed E-state index contributed by atoms with van der Waals surface area (Å²) in [4.78, 5) is 31.8. The summed E-state index contributed by atoms with van der Waals surface area (Å²) in [6, 6.07) is 10.5. The van der Waals surface area contributed by atoms with Crippen LogP contribution in [0, 0.1) is 5.82 Å². The Kier molecular flexibility index (Phi) is 12.5. The van der Waals surface area contributed by atoms with Crippen molar-refractivity contribution in [2.75, 3.05) is 6.54 Å². The molecule has 1 aromatic carbocycles.